The van der Waals surface area contributed by atoms with E-state index in [-0.39, 0.29) is 35.3 Å². The van der Waals surface area contributed by atoms with Crippen LogP contribution in [0.3, 0.4) is 0 Å². The Labute approximate surface area is 228 Å². The smallest absolute Gasteiger partial charge is 0.416 e. The van der Waals surface area contributed by atoms with Gasteiger partial charge < -0.3 is 26.8 Å². The molecule has 0 spiro atoms. The Kier molecular flexibility index (Phi) is 7.50. The predicted octanol–water partition coefficient (Wildman–Crippen LogP) is 3.48. The lowest BCUT2D eigenvalue weighted by molar-refractivity contribution is -0.137. The van der Waals surface area contributed by atoms with Crippen LogP contribution in [-0.2, 0) is 24.1 Å². The van der Waals surface area contributed by atoms with Crippen LogP contribution in [0.25, 0.3) is 11.3 Å². The highest BCUT2D eigenvalue weighted by Crippen LogP contribution is 2.34. The van der Waals surface area contributed by atoms with Crippen molar-refractivity contribution in [1.29, 1.82) is 0 Å². The van der Waals surface area contributed by atoms with Gasteiger partial charge in [-0.2, -0.15) is 13.2 Å². The van der Waals surface area contributed by atoms with Crippen molar-refractivity contribution in [3.05, 3.63) is 69.6 Å². The van der Waals surface area contributed by atoms with Crippen LogP contribution in [0.4, 0.5) is 24.7 Å². The van der Waals surface area contributed by atoms with Crippen molar-refractivity contribution in [1.82, 2.24) is 14.9 Å². The van der Waals surface area contributed by atoms with Crippen molar-refractivity contribution in [2.75, 3.05) is 11.1 Å². The molecule has 10 nitrogen and oxygen atoms in total. The fraction of sp³-hybridized carbons (Fsp3) is 0.333. The Morgan fingerprint density at radius 3 is 2.55 bits per heavy atom. The van der Waals surface area contributed by atoms with Gasteiger partial charge >= 0.3 is 6.18 Å². The summed E-state index contributed by atoms with van der Waals surface area (Å²) in [6.45, 7) is 6.73. The number of rotatable bonds is 7. The summed E-state index contributed by atoms with van der Waals surface area (Å²) in [6.07, 6.45) is -3.42. The first-order chi connectivity index (χ1) is 18.6. The highest BCUT2D eigenvalue weighted by atomic mass is 19.4. The molecule has 2 heterocycles. The molecule has 0 aliphatic carbocycles. The van der Waals surface area contributed by atoms with E-state index in [4.69, 9.17) is 16.2 Å². The first-order valence-corrected chi connectivity index (χ1v) is 12.4. The van der Waals surface area contributed by atoms with Gasteiger partial charge in [-0.25, -0.2) is 9.98 Å². The van der Waals surface area contributed by atoms with E-state index >= 15 is 0 Å². The van der Waals surface area contributed by atoms with Crippen LogP contribution in [0.5, 0.6) is 5.75 Å². The predicted molar refractivity (Wildman–Crippen MR) is 146 cm³/mol. The standard InChI is InChI=1S/C27H30F3N7O3/c1-14(2)35-24-25(39)37(20(12-34-24)16-8-17(27(28,29)30)10-18(31)9-16)13-22(38)33-11-15-5-6-19-21(7-15)40-26(3,4)36-23(19)32/h5-10,12,14H,11,13,31H2,1-4H3,(H2,32,36)(H,33,38)(H,34,35). The Bertz CT molecular complexity index is 1550. The zero-order valence-electron chi connectivity index (χ0n) is 22.4. The van der Waals surface area contributed by atoms with Crippen molar-refractivity contribution in [2.24, 2.45) is 10.7 Å². The largest absolute Gasteiger partial charge is 0.466 e. The summed E-state index contributed by atoms with van der Waals surface area (Å²) < 4.78 is 47.3. The average Bonchev–Trinajstić information content (AvgIpc) is 2.83. The molecule has 0 unspecified atom stereocenters. The lowest BCUT2D eigenvalue weighted by atomic mass is 10.1. The third kappa shape index (κ3) is 6.35. The second kappa shape index (κ2) is 10.5. The van der Waals surface area contributed by atoms with E-state index in [0.29, 0.717) is 22.7 Å². The van der Waals surface area contributed by atoms with Crippen LogP contribution in [0.15, 0.2) is 52.4 Å². The van der Waals surface area contributed by atoms with E-state index in [1.54, 1.807) is 45.9 Å². The normalized spacial score (nSPS) is 14.2. The number of aliphatic imine (C=N–C) groups is 1. The van der Waals surface area contributed by atoms with Crippen molar-refractivity contribution in [3.63, 3.8) is 0 Å². The number of nitrogens with two attached hydrogens (primary N) is 2. The number of alkyl halides is 3. The van der Waals surface area contributed by atoms with E-state index < -0.39 is 35.5 Å². The third-order valence-corrected chi connectivity index (χ3v) is 5.92. The molecule has 2 aromatic carbocycles. The summed E-state index contributed by atoms with van der Waals surface area (Å²) in [7, 11) is 0. The maximum absolute atomic E-state index is 13.5. The summed E-state index contributed by atoms with van der Waals surface area (Å²) in [6, 6.07) is 8.01. The minimum absolute atomic E-state index is 0.00507. The first kappa shape index (κ1) is 28.5. The number of fused-ring (bicyclic) bond motifs is 1. The number of amides is 1. The molecule has 1 amide bonds. The topological polar surface area (TPSA) is 150 Å². The lowest BCUT2D eigenvalue weighted by Gasteiger charge is -2.29. The maximum atomic E-state index is 13.5. The fourth-order valence-corrected chi connectivity index (χ4v) is 4.23. The highest BCUT2D eigenvalue weighted by molar-refractivity contribution is 6.01. The number of nitrogens with one attached hydrogen (secondary N) is 2. The quantitative estimate of drug-likeness (QED) is 0.325. The molecule has 3 aromatic rings. The number of hydrogen-bond donors (Lipinski definition) is 4. The second-order valence-corrected chi connectivity index (χ2v) is 10.2. The monoisotopic (exact) mass is 557 g/mol. The molecule has 0 atom stereocenters. The lowest BCUT2D eigenvalue weighted by Crippen LogP contribution is -2.36. The number of benzene rings is 2. The molecule has 13 heteroatoms. The zero-order chi connectivity index (χ0) is 29.4. The Morgan fingerprint density at radius 1 is 1.15 bits per heavy atom. The van der Waals surface area contributed by atoms with E-state index in [9.17, 15) is 22.8 Å². The molecule has 0 bridgehead atoms. The molecule has 1 aromatic heterocycles. The van der Waals surface area contributed by atoms with Gasteiger partial charge in [-0.05, 0) is 63.6 Å². The molecule has 40 heavy (non-hydrogen) atoms. The summed E-state index contributed by atoms with van der Waals surface area (Å²) in [5.74, 6) is 0.265. The van der Waals surface area contributed by atoms with E-state index in [0.717, 1.165) is 16.7 Å². The number of carbonyl (C=O) groups is 1. The molecule has 4 rings (SSSR count). The van der Waals surface area contributed by atoms with Crippen LogP contribution in [-0.4, -0.2) is 33.1 Å². The number of amidine groups is 1. The molecule has 0 saturated heterocycles. The second-order valence-electron chi connectivity index (χ2n) is 10.2. The van der Waals surface area contributed by atoms with Gasteiger partial charge in [0, 0.05) is 23.8 Å². The Balaban J connectivity index is 1.62. The van der Waals surface area contributed by atoms with Crippen LogP contribution in [0.1, 0.15) is 44.4 Å². The number of halogens is 3. The molecule has 6 N–H and O–H groups in total. The molecule has 212 valence electrons. The molecular weight excluding hydrogens is 527 g/mol. The van der Waals surface area contributed by atoms with Crippen LogP contribution >= 0.6 is 0 Å². The van der Waals surface area contributed by atoms with Gasteiger partial charge in [-0.3, -0.25) is 14.2 Å². The zero-order valence-corrected chi connectivity index (χ0v) is 22.4. The molecule has 0 radical (unpaired) electrons. The van der Waals surface area contributed by atoms with Crippen LogP contribution < -0.4 is 32.4 Å². The number of anilines is 2. The van der Waals surface area contributed by atoms with Crippen molar-refractivity contribution >= 4 is 23.2 Å². The van der Waals surface area contributed by atoms with E-state index in [2.05, 4.69) is 20.6 Å². The molecule has 0 fully saturated rings. The van der Waals surface area contributed by atoms with Gasteiger partial charge in [0.25, 0.3) is 5.56 Å². The van der Waals surface area contributed by atoms with Crippen molar-refractivity contribution < 1.29 is 22.7 Å². The number of aromatic nitrogens is 2. The Hall–Kier alpha value is -4.55. The van der Waals surface area contributed by atoms with Gasteiger partial charge in [-0.1, -0.05) is 6.07 Å². The van der Waals surface area contributed by atoms with Gasteiger partial charge in [0.2, 0.25) is 5.91 Å². The summed E-state index contributed by atoms with van der Waals surface area (Å²) in [4.78, 5) is 34.7. The minimum Gasteiger partial charge on any atom is -0.466 e. The Morgan fingerprint density at radius 2 is 1.88 bits per heavy atom. The average molecular weight is 558 g/mol. The van der Waals surface area contributed by atoms with Crippen LogP contribution in [0.2, 0.25) is 0 Å². The third-order valence-electron chi connectivity index (χ3n) is 5.92. The maximum Gasteiger partial charge on any atom is 0.416 e. The summed E-state index contributed by atoms with van der Waals surface area (Å²) >= 11 is 0. The van der Waals surface area contributed by atoms with Gasteiger partial charge in [0.15, 0.2) is 11.5 Å². The molecule has 1 aliphatic heterocycles. The minimum atomic E-state index is -4.66. The number of nitrogens with zero attached hydrogens (tertiary/aromatic N) is 3. The molecule has 0 saturated carbocycles. The van der Waals surface area contributed by atoms with Crippen molar-refractivity contribution in [2.45, 2.75) is 58.7 Å². The van der Waals surface area contributed by atoms with Gasteiger partial charge in [0.1, 0.15) is 18.1 Å². The SMILES string of the molecule is CC(C)Nc1ncc(-c2cc(N)cc(C(F)(F)F)c2)n(CC(=O)NCc2ccc3c(c2)OC(C)(C)N=C3N)c1=O. The molecular formula is C27H30F3N7O3. The van der Waals surface area contributed by atoms with Gasteiger partial charge in [0.05, 0.1) is 23.0 Å². The van der Waals surface area contributed by atoms with Gasteiger partial charge in [-0.15, -0.1) is 0 Å². The first-order valence-electron chi connectivity index (χ1n) is 12.4. The van der Waals surface area contributed by atoms with E-state index in [1.807, 2.05) is 0 Å². The van der Waals surface area contributed by atoms with E-state index in [1.165, 1.54) is 12.3 Å². The van der Waals surface area contributed by atoms with Crippen LogP contribution in [0, 0.1) is 0 Å². The number of hydrogen-bond acceptors (Lipinski definition) is 8. The highest BCUT2D eigenvalue weighted by Gasteiger charge is 2.32. The molecule has 1 aliphatic rings. The number of ether oxygens (including phenoxy) is 1. The number of carbonyl (C=O) groups excluding carboxylic acids is 1. The summed E-state index contributed by atoms with van der Waals surface area (Å²) in [5, 5.41) is 5.63. The van der Waals surface area contributed by atoms with Crippen molar-refractivity contribution in [3.8, 4) is 17.0 Å². The summed E-state index contributed by atoms with van der Waals surface area (Å²) in [5.41, 5.74) is 10.5. The number of nitrogen functional groups attached to an aromatic ring is 1. The fourth-order valence-electron chi connectivity index (χ4n) is 4.23.